The summed E-state index contributed by atoms with van der Waals surface area (Å²) in [6.07, 6.45) is 5.20. The number of rotatable bonds is 1. The topological polar surface area (TPSA) is 24.4 Å². The van der Waals surface area contributed by atoms with Gasteiger partial charge < -0.3 is 5.32 Å². The van der Waals surface area contributed by atoms with Gasteiger partial charge in [-0.25, -0.2) is 4.39 Å². The van der Waals surface area contributed by atoms with Crippen LogP contribution in [-0.2, 0) is 0 Å². The second kappa shape index (κ2) is 5.33. The predicted octanol–water partition coefficient (Wildman–Crippen LogP) is 4.55. The average molecular weight is 299 g/mol. The van der Waals surface area contributed by atoms with Crippen LogP contribution in [0.4, 0.5) is 10.1 Å². The number of nitrogens with zero attached hydrogens (tertiary/aromatic N) is 1. The number of nitrogens with one attached hydrogen (secondary N) is 1. The first kappa shape index (κ1) is 13.3. The SMILES string of the molecule is Fc1c(Cl)cccc1NC1=NCC2(CCCC2)CS1. The van der Waals surface area contributed by atoms with Crippen molar-refractivity contribution in [3.05, 3.63) is 29.0 Å². The third kappa shape index (κ3) is 2.75. The van der Waals surface area contributed by atoms with E-state index >= 15 is 0 Å². The first-order valence-corrected chi connectivity index (χ1v) is 7.93. The first-order chi connectivity index (χ1) is 9.19. The van der Waals surface area contributed by atoms with E-state index < -0.39 is 5.82 Å². The Hall–Kier alpha value is -0.740. The van der Waals surface area contributed by atoms with Crippen LogP contribution >= 0.6 is 23.4 Å². The number of halogens is 2. The van der Waals surface area contributed by atoms with E-state index in [9.17, 15) is 4.39 Å². The Balaban J connectivity index is 1.71. The summed E-state index contributed by atoms with van der Waals surface area (Å²) in [5.41, 5.74) is 0.809. The van der Waals surface area contributed by atoms with Gasteiger partial charge in [0, 0.05) is 12.3 Å². The van der Waals surface area contributed by atoms with E-state index in [2.05, 4.69) is 10.3 Å². The van der Waals surface area contributed by atoms with Crippen LogP contribution in [0.2, 0.25) is 5.02 Å². The van der Waals surface area contributed by atoms with E-state index in [-0.39, 0.29) is 5.02 Å². The van der Waals surface area contributed by atoms with Crippen molar-refractivity contribution in [3.63, 3.8) is 0 Å². The fourth-order valence-corrected chi connectivity index (χ4v) is 4.11. The molecule has 1 aliphatic heterocycles. The van der Waals surface area contributed by atoms with E-state index in [0.29, 0.717) is 11.1 Å². The second-order valence-electron chi connectivity index (χ2n) is 5.34. The van der Waals surface area contributed by atoms with Gasteiger partial charge in [0.1, 0.15) is 0 Å². The average Bonchev–Trinajstić information content (AvgIpc) is 2.86. The van der Waals surface area contributed by atoms with Gasteiger partial charge in [0.2, 0.25) is 0 Å². The zero-order chi connectivity index (χ0) is 13.3. The number of hydrogen-bond acceptors (Lipinski definition) is 3. The summed E-state index contributed by atoms with van der Waals surface area (Å²) in [5.74, 6) is 0.676. The number of benzene rings is 1. The molecule has 3 rings (SSSR count). The summed E-state index contributed by atoms with van der Waals surface area (Å²) >= 11 is 7.47. The van der Waals surface area contributed by atoms with Gasteiger partial charge in [-0.15, -0.1) is 0 Å². The minimum atomic E-state index is -0.409. The van der Waals surface area contributed by atoms with E-state index in [1.165, 1.54) is 25.7 Å². The molecule has 1 aromatic carbocycles. The van der Waals surface area contributed by atoms with Crippen LogP contribution in [0.1, 0.15) is 25.7 Å². The number of thioether (sulfide) groups is 1. The minimum absolute atomic E-state index is 0.138. The van der Waals surface area contributed by atoms with Crippen LogP contribution in [0.3, 0.4) is 0 Å². The van der Waals surface area contributed by atoms with E-state index in [1.54, 1.807) is 30.0 Å². The van der Waals surface area contributed by atoms with Crippen molar-refractivity contribution in [3.8, 4) is 0 Å². The largest absolute Gasteiger partial charge is 0.333 e. The van der Waals surface area contributed by atoms with Crippen LogP contribution in [0.5, 0.6) is 0 Å². The van der Waals surface area contributed by atoms with Crippen molar-refractivity contribution in [2.24, 2.45) is 10.4 Å². The van der Waals surface area contributed by atoms with Gasteiger partial charge in [0.15, 0.2) is 11.0 Å². The van der Waals surface area contributed by atoms with E-state index in [1.807, 2.05) is 0 Å². The van der Waals surface area contributed by atoms with Crippen molar-refractivity contribution < 1.29 is 4.39 Å². The van der Waals surface area contributed by atoms with Gasteiger partial charge in [-0.3, -0.25) is 4.99 Å². The molecule has 0 radical (unpaired) electrons. The van der Waals surface area contributed by atoms with Gasteiger partial charge in [-0.2, -0.15) is 0 Å². The van der Waals surface area contributed by atoms with Crippen LogP contribution < -0.4 is 5.32 Å². The molecule has 0 saturated heterocycles. The maximum Gasteiger partial charge on any atom is 0.165 e. The van der Waals surface area contributed by atoms with Gasteiger partial charge >= 0.3 is 0 Å². The van der Waals surface area contributed by atoms with Crippen molar-refractivity contribution in [1.29, 1.82) is 0 Å². The summed E-state index contributed by atoms with van der Waals surface area (Å²) in [6.45, 7) is 0.866. The molecule has 102 valence electrons. The Morgan fingerprint density at radius 2 is 2.11 bits per heavy atom. The maximum atomic E-state index is 13.8. The molecular weight excluding hydrogens is 283 g/mol. The fourth-order valence-electron chi connectivity index (χ4n) is 2.77. The summed E-state index contributed by atoms with van der Waals surface area (Å²) in [5, 5.41) is 3.99. The van der Waals surface area contributed by atoms with Gasteiger partial charge in [-0.1, -0.05) is 42.3 Å². The molecule has 0 unspecified atom stereocenters. The van der Waals surface area contributed by atoms with Crippen LogP contribution in [0, 0.1) is 11.2 Å². The number of aliphatic imine (C=N–C) groups is 1. The molecule has 5 heteroatoms. The molecule has 2 aliphatic rings. The summed E-state index contributed by atoms with van der Waals surface area (Å²) in [7, 11) is 0. The molecule has 0 atom stereocenters. The summed E-state index contributed by atoms with van der Waals surface area (Å²) < 4.78 is 13.8. The highest BCUT2D eigenvalue weighted by atomic mass is 35.5. The van der Waals surface area contributed by atoms with Crippen molar-refractivity contribution in [2.45, 2.75) is 25.7 Å². The Morgan fingerprint density at radius 1 is 1.32 bits per heavy atom. The Labute approximate surface area is 121 Å². The van der Waals surface area contributed by atoms with Crippen molar-refractivity contribution >= 4 is 34.2 Å². The minimum Gasteiger partial charge on any atom is -0.333 e. The Kier molecular flexibility index (Phi) is 3.72. The molecule has 0 amide bonds. The monoisotopic (exact) mass is 298 g/mol. The molecule has 1 aromatic rings. The van der Waals surface area contributed by atoms with Crippen LogP contribution in [0.15, 0.2) is 23.2 Å². The number of anilines is 1. The fraction of sp³-hybridized carbons (Fsp3) is 0.500. The number of amidine groups is 1. The van der Waals surface area contributed by atoms with Crippen LogP contribution in [-0.4, -0.2) is 17.5 Å². The lowest BCUT2D eigenvalue weighted by atomic mass is 9.89. The zero-order valence-electron chi connectivity index (χ0n) is 10.6. The Morgan fingerprint density at radius 3 is 2.79 bits per heavy atom. The predicted molar refractivity (Wildman–Crippen MR) is 80.7 cm³/mol. The lowest BCUT2D eigenvalue weighted by Crippen LogP contribution is -2.30. The Bertz CT molecular complexity index is 512. The molecule has 1 aliphatic carbocycles. The molecule has 1 N–H and O–H groups in total. The highest BCUT2D eigenvalue weighted by Crippen LogP contribution is 2.43. The third-order valence-electron chi connectivity index (χ3n) is 3.93. The van der Waals surface area contributed by atoms with Gasteiger partial charge in [0.05, 0.1) is 10.7 Å². The molecule has 1 saturated carbocycles. The second-order valence-corrected chi connectivity index (χ2v) is 6.71. The molecule has 1 spiro atoms. The zero-order valence-corrected chi connectivity index (χ0v) is 12.2. The third-order valence-corrected chi connectivity index (χ3v) is 5.48. The first-order valence-electron chi connectivity index (χ1n) is 6.57. The molecule has 2 nitrogen and oxygen atoms in total. The lowest BCUT2D eigenvalue weighted by Gasteiger charge is -2.31. The molecule has 1 heterocycles. The highest BCUT2D eigenvalue weighted by Gasteiger charge is 2.36. The van der Waals surface area contributed by atoms with Crippen molar-refractivity contribution in [1.82, 2.24) is 0 Å². The van der Waals surface area contributed by atoms with E-state index in [4.69, 9.17) is 11.6 Å². The summed E-state index contributed by atoms with van der Waals surface area (Å²) in [4.78, 5) is 4.59. The summed E-state index contributed by atoms with van der Waals surface area (Å²) in [6, 6.07) is 4.97. The number of hydrogen-bond donors (Lipinski definition) is 1. The smallest absolute Gasteiger partial charge is 0.165 e. The lowest BCUT2D eigenvalue weighted by molar-refractivity contribution is 0.359. The molecule has 19 heavy (non-hydrogen) atoms. The van der Waals surface area contributed by atoms with Gasteiger partial charge in [-0.05, 0) is 30.4 Å². The molecule has 0 aromatic heterocycles. The van der Waals surface area contributed by atoms with E-state index in [0.717, 1.165) is 17.5 Å². The maximum absolute atomic E-state index is 13.8. The van der Waals surface area contributed by atoms with Crippen LogP contribution in [0.25, 0.3) is 0 Å². The van der Waals surface area contributed by atoms with Crippen molar-refractivity contribution in [2.75, 3.05) is 17.6 Å². The quantitative estimate of drug-likeness (QED) is 0.822. The highest BCUT2D eigenvalue weighted by molar-refractivity contribution is 8.14. The normalized spacial score (nSPS) is 21.5. The molecule has 1 fully saturated rings. The molecule has 0 bridgehead atoms. The molecular formula is C14H16ClFN2S. The standard InChI is InChI=1S/C14H16ClFN2S/c15-10-4-3-5-11(12(10)16)18-13-17-8-14(9-19-13)6-1-2-7-14/h3-5H,1-2,6-9H2,(H,17,18). The van der Waals surface area contributed by atoms with Gasteiger partial charge in [0.25, 0.3) is 0 Å².